The molecule has 28 heavy (non-hydrogen) atoms. The first kappa shape index (κ1) is 19.7. The molecule has 0 radical (unpaired) electrons. The standard InChI is InChI=1S/C20H24N4OS3/c21-20(18-2-1-12-26-18)22-15-3-5-16(6-4-15)23-8-10-24(11-9-23)19(25)14-17-7-13-27-28-17/h1-6,12,17H,7-11,13-14H2,(H2,21,22). The Kier molecular flexibility index (Phi) is 6.49. The SMILES string of the molecule is NC(=Nc1ccc(N2CCN(C(=O)CC3CCSS3)CC2)cc1)c1cccs1. The average molecular weight is 433 g/mol. The number of piperazine rings is 1. The van der Waals surface area contributed by atoms with Gasteiger partial charge in [-0.1, -0.05) is 27.7 Å². The normalized spacial score (nSPS) is 20.6. The van der Waals surface area contributed by atoms with Crippen molar-refractivity contribution < 1.29 is 4.79 Å². The van der Waals surface area contributed by atoms with E-state index >= 15 is 0 Å². The largest absolute Gasteiger partial charge is 0.383 e. The molecule has 4 rings (SSSR count). The number of benzene rings is 1. The van der Waals surface area contributed by atoms with Crippen molar-refractivity contribution in [2.75, 3.05) is 36.8 Å². The van der Waals surface area contributed by atoms with Gasteiger partial charge in [-0.2, -0.15) is 0 Å². The van der Waals surface area contributed by atoms with Crippen molar-refractivity contribution in [1.82, 2.24) is 4.90 Å². The molecule has 8 heteroatoms. The lowest BCUT2D eigenvalue weighted by molar-refractivity contribution is -0.131. The molecule has 2 aromatic rings. The van der Waals surface area contributed by atoms with Crippen LogP contribution in [0.2, 0.25) is 0 Å². The molecule has 148 valence electrons. The second kappa shape index (κ2) is 9.24. The van der Waals surface area contributed by atoms with E-state index in [9.17, 15) is 4.79 Å². The van der Waals surface area contributed by atoms with Crippen LogP contribution in [-0.2, 0) is 4.79 Å². The number of amides is 1. The fourth-order valence-corrected chi connectivity index (χ4v) is 6.92. The minimum atomic E-state index is 0.313. The summed E-state index contributed by atoms with van der Waals surface area (Å²) in [6.07, 6.45) is 1.85. The maximum atomic E-state index is 12.5. The van der Waals surface area contributed by atoms with Crippen molar-refractivity contribution in [3.8, 4) is 0 Å². The highest BCUT2D eigenvalue weighted by atomic mass is 33.1. The lowest BCUT2D eigenvalue weighted by Crippen LogP contribution is -2.49. The van der Waals surface area contributed by atoms with Gasteiger partial charge in [0.15, 0.2) is 0 Å². The molecule has 1 atom stereocenters. The number of thiophene rings is 1. The molecule has 5 nitrogen and oxygen atoms in total. The lowest BCUT2D eigenvalue weighted by Gasteiger charge is -2.36. The Balaban J connectivity index is 1.31. The number of anilines is 1. The molecule has 2 aliphatic rings. The third kappa shape index (κ3) is 4.85. The van der Waals surface area contributed by atoms with Crippen LogP contribution in [0.1, 0.15) is 17.7 Å². The molecule has 2 saturated heterocycles. The van der Waals surface area contributed by atoms with E-state index in [0.29, 0.717) is 23.4 Å². The summed E-state index contributed by atoms with van der Waals surface area (Å²) in [4.78, 5) is 22.3. The zero-order valence-corrected chi connectivity index (χ0v) is 18.1. The first-order valence-corrected chi connectivity index (χ1v) is 12.7. The summed E-state index contributed by atoms with van der Waals surface area (Å²) in [6.45, 7) is 3.35. The fourth-order valence-electron chi connectivity index (χ4n) is 3.40. The molecule has 0 saturated carbocycles. The van der Waals surface area contributed by atoms with Crippen molar-refractivity contribution in [3.05, 3.63) is 46.7 Å². The average Bonchev–Trinajstić information content (AvgIpc) is 3.43. The number of carbonyl (C=O) groups excluding carboxylic acids is 1. The molecule has 0 aliphatic carbocycles. The number of nitrogens with zero attached hydrogens (tertiary/aromatic N) is 3. The number of hydrogen-bond acceptors (Lipinski definition) is 6. The van der Waals surface area contributed by atoms with Gasteiger partial charge in [0, 0.05) is 49.3 Å². The number of nitrogens with two attached hydrogens (primary N) is 1. The van der Waals surface area contributed by atoms with Gasteiger partial charge in [-0.15, -0.1) is 11.3 Å². The van der Waals surface area contributed by atoms with Gasteiger partial charge in [-0.25, -0.2) is 4.99 Å². The van der Waals surface area contributed by atoms with E-state index in [4.69, 9.17) is 5.73 Å². The van der Waals surface area contributed by atoms with Crippen LogP contribution < -0.4 is 10.6 Å². The van der Waals surface area contributed by atoms with Crippen LogP contribution in [0.15, 0.2) is 46.8 Å². The molecule has 1 aromatic carbocycles. The van der Waals surface area contributed by atoms with E-state index in [1.165, 1.54) is 11.4 Å². The quantitative estimate of drug-likeness (QED) is 0.440. The van der Waals surface area contributed by atoms with Crippen LogP contribution in [0.25, 0.3) is 0 Å². The van der Waals surface area contributed by atoms with Crippen molar-refractivity contribution in [2.45, 2.75) is 18.1 Å². The van der Waals surface area contributed by atoms with Crippen molar-refractivity contribution >= 4 is 56.0 Å². The molecular formula is C20H24N4OS3. The maximum Gasteiger partial charge on any atom is 0.223 e. The van der Waals surface area contributed by atoms with Gasteiger partial charge in [-0.05, 0) is 42.1 Å². The predicted molar refractivity (Wildman–Crippen MR) is 123 cm³/mol. The highest BCUT2D eigenvalue weighted by Gasteiger charge is 2.26. The van der Waals surface area contributed by atoms with E-state index in [-0.39, 0.29) is 0 Å². The van der Waals surface area contributed by atoms with Gasteiger partial charge in [0.2, 0.25) is 5.91 Å². The summed E-state index contributed by atoms with van der Waals surface area (Å²) in [5, 5.41) is 2.50. The molecule has 0 spiro atoms. The third-order valence-electron chi connectivity index (χ3n) is 5.00. The smallest absolute Gasteiger partial charge is 0.223 e. The van der Waals surface area contributed by atoms with E-state index in [0.717, 1.165) is 43.2 Å². The van der Waals surface area contributed by atoms with Crippen molar-refractivity contribution in [3.63, 3.8) is 0 Å². The van der Waals surface area contributed by atoms with Gasteiger partial charge in [0.05, 0.1) is 10.6 Å². The third-order valence-corrected chi connectivity index (χ3v) is 8.83. The van der Waals surface area contributed by atoms with Crippen molar-refractivity contribution in [1.29, 1.82) is 0 Å². The highest BCUT2D eigenvalue weighted by molar-refractivity contribution is 8.77. The molecule has 2 N–H and O–H groups in total. The Labute approximate surface area is 177 Å². The van der Waals surface area contributed by atoms with E-state index in [2.05, 4.69) is 22.0 Å². The van der Waals surface area contributed by atoms with Crippen LogP contribution in [0, 0.1) is 0 Å². The zero-order chi connectivity index (χ0) is 19.3. The van der Waals surface area contributed by atoms with Gasteiger partial charge in [0.25, 0.3) is 0 Å². The number of amidine groups is 1. The van der Waals surface area contributed by atoms with Gasteiger partial charge >= 0.3 is 0 Å². The Bertz CT molecular complexity index is 808. The Morgan fingerprint density at radius 1 is 1.14 bits per heavy atom. The summed E-state index contributed by atoms with van der Waals surface area (Å²) in [5.41, 5.74) is 8.09. The first-order chi connectivity index (χ1) is 13.7. The second-order valence-electron chi connectivity index (χ2n) is 6.89. The molecule has 0 bridgehead atoms. The molecule has 1 aromatic heterocycles. The number of rotatable bonds is 5. The summed E-state index contributed by atoms with van der Waals surface area (Å²) in [6, 6.07) is 12.1. The van der Waals surface area contributed by atoms with E-state index < -0.39 is 0 Å². The van der Waals surface area contributed by atoms with Crippen molar-refractivity contribution in [2.24, 2.45) is 10.7 Å². The number of carbonyl (C=O) groups is 1. The number of aliphatic imine (C=N–C) groups is 1. The molecule has 1 unspecified atom stereocenters. The zero-order valence-electron chi connectivity index (χ0n) is 15.6. The van der Waals surface area contributed by atoms with E-state index in [1.807, 2.05) is 56.1 Å². The molecule has 3 heterocycles. The molecular weight excluding hydrogens is 408 g/mol. The Morgan fingerprint density at radius 2 is 1.93 bits per heavy atom. The maximum absolute atomic E-state index is 12.5. The summed E-state index contributed by atoms with van der Waals surface area (Å²) < 4.78 is 0. The molecule has 1 amide bonds. The molecule has 2 aliphatic heterocycles. The summed E-state index contributed by atoms with van der Waals surface area (Å²) >= 11 is 1.59. The Hall–Kier alpha value is -1.64. The Morgan fingerprint density at radius 3 is 2.57 bits per heavy atom. The fraction of sp³-hybridized carbons (Fsp3) is 0.400. The predicted octanol–water partition coefficient (Wildman–Crippen LogP) is 3.98. The minimum Gasteiger partial charge on any atom is -0.383 e. The highest BCUT2D eigenvalue weighted by Crippen LogP contribution is 2.39. The minimum absolute atomic E-state index is 0.313. The van der Waals surface area contributed by atoms with Crippen LogP contribution in [0.3, 0.4) is 0 Å². The van der Waals surface area contributed by atoms with E-state index in [1.54, 1.807) is 11.3 Å². The molecule has 2 fully saturated rings. The van der Waals surface area contributed by atoms with Gasteiger partial charge in [-0.3, -0.25) is 4.79 Å². The first-order valence-electron chi connectivity index (χ1n) is 9.48. The monoisotopic (exact) mass is 432 g/mol. The van der Waals surface area contributed by atoms with Crippen LogP contribution >= 0.6 is 32.9 Å². The van der Waals surface area contributed by atoms with Crippen LogP contribution in [0.5, 0.6) is 0 Å². The summed E-state index contributed by atoms with van der Waals surface area (Å²) in [7, 11) is 3.77. The number of hydrogen-bond donors (Lipinski definition) is 1. The van der Waals surface area contributed by atoms with Gasteiger partial charge in [0.1, 0.15) is 5.84 Å². The second-order valence-corrected chi connectivity index (χ2v) is 10.6. The lowest BCUT2D eigenvalue weighted by atomic mass is 10.2. The summed E-state index contributed by atoms with van der Waals surface area (Å²) in [5.74, 6) is 2.04. The van der Waals surface area contributed by atoms with Crippen LogP contribution in [-0.4, -0.2) is 53.8 Å². The van der Waals surface area contributed by atoms with Crippen LogP contribution in [0.4, 0.5) is 11.4 Å². The topological polar surface area (TPSA) is 61.9 Å². The van der Waals surface area contributed by atoms with Gasteiger partial charge < -0.3 is 15.5 Å².